The first-order valence-electron chi connectivity index (χ1n) is 2.92. The first-order chi connectivity index (χ1) is 3.80. The molecule has 1 saturated carbocycles. The third kappa shape index (κ3) is 1.35. The van der Waals surface area contributed by atoms with Crippen molar-refractivity contribution in [3.63, 3.8) is 0 Å². The fourth-order valence-corrected chi connectivity index (χ4v) is 1.15. The second-order valence-electron chi connectivity index (χ2n) is 2.13. The van der Waals surface area contributed by atoms with Gasteiger partial charge in [-0.2, -0.15) is 0 Å². The third-order valence-corrected chi connectivity index (χ3v) is 1.88. The van der Waals surface area contributed by atoms with Crippen LogP contribution in [0.3, 0.4) is 0 Å². The van der Waals surface area contributed by atoms with E-state index in [1.165, 1.54) is 0 Å². The molecule has 0 aromatic rings. The molecule has 8 heavy (non-hydrogen) atoms. The summed E-state index contributed by atoms with van der Waals surface area (Å²) in [6.07, 6.45) is 3.57. The third-order valence-electron chi connectivity index (χ3n) is 1.42. The van der Waals surface area contributed by atoms with Crippen LogP contribution in [0.15, 0.2) is 0 Å². The quantitative estimate of drug-likeness (QED) is 0.447. The SMILES string of the molecule is FC1[CH]CCCC1Cl. The van der Waals surface area contributed by atoms with E-state index in [4.69, 9.17) is 11.6 Å². The van der Waals surface area contributed by atoms with Gasteiger partial charge in [-0.05, 0) is 19.3 Å². The van der Waals surface area contributed by atoms with E-state index in [2.05, 4.69) is 0 Å². The van der Waals surface area contributed by atoms with Crippen molar-refractivity contribution >= 4 is 11.6 Å². The number of halogens is 2. The van der Waals surface area contributed by atoms with Gasteiger partial charge in [0.15, 0.2) is 0 Å². The van der Waals surface area contributed by atoms with Crippen molar-refractivity contribution in [1.82, 2.24) is 0 Å². The highest BCUT2D eigenvalue weighted by Crippen LogP contribution is 2.24. The molecule has 0 spiro atoms. The van der Waals surface area contributed by atoms with Crippen LogP contribution in [0.4, 0.5) is 4.39 Å². The van der Waals surface area contributed by atoms with E-state index >= 15 is 0 Å². The molecular formula is C6H9ClF. The standard InChI is InChI=1S/C6H9ClF/c7-5-3-1-2-4-6(5)8/h4-6H,1-3H2. The molecule has 0 heterocycles. The molecule has 2 unspecified atom stereocenters. The number of hydrogen-bond donors (Lipinski definition) is 0. The minimum atomic E-state index is -0.856. The fraction of sp³-hybridized carbons (Fsp3) is 0.833. The van der Waals surface area contributed by atoms with Crippen molar-refractivity contribution in [1.29, 1.82) is 0 Å². The van der Waals surface area contributed by atoms with Crippen LogP contribution in [0.1, 0.15) is 19.3 Å². The minimum Gasteiger partial charge on any atom is -0.246 e. The first-order valence-corrected chi connectivity index (χ1v) is 3.36. The molecule has 0 aromatic heterocycles. The summed E-state index contributed by atoms with van der Waals surface area (Å²) in [5, 5.41) is -0.247. The molecule has 1 radical (unpaired) electrons. The molecule has 1 aliphatic carbocycles. The Morgan fingerprint density at radius 3 is 2.75 bits per heavy atom. The van der Waals surface area contributed by atoms with Gasteiger partial charge < -0.3 is 0 Å². The summed E-state index contributed by atoms with van der Waals surface area (Å²) in [7, 11) is 0. The zero-order chi connectivity index (χ0) is 5.98. The van der Waals surface area contributed by atoms with Crippen molar-refractivity contribution in [3.8, 4) is 0 Å². The lowest BCUT2D eigenvalue weighted by Crippen LogP contribution is -2.20. The molecule has 0 amide bonds. The largest absolute Gasteiger partial charge is 0.246 e. The second-order valence-corrected chi connectivity index (χ2v) is 2.69. The van der Waals surface area contributed by atoms with Gasteiger partial charge in [-0.15, -0.1) is 11.6 Å². The smallest absolute Gasteiger partial charge is 0.120 e. The van der Waals surface area contributed by atoms with E-state index in [9.17, 15) is 4.39 Å². The van der Waals surface area contributed by atoms with E-state index < -0.39 is 6.17 Å². The normalized spacial score (nSPS) is 39.8. The Balaban J connectivity index is 2.28. The van der Waals surface area contributed by atoms with E-state index in [0.29, 0.717) is 0 Å². The van der Waals surface area contributed by atoms with Crippen LogP contribution in [0.5, 0.6) is 0 Å². The summed E-state index contributed by atoms with van der Waals surface area (Å²) >= 11 is 5.56. The molecule has 1 fully saturated rings. The summed E-state index contributed by atoms with van der Waals surface area (Å²) in [5.74, 6) is 0. The van der Waals surface area contributed by atoms with Gasteiger partial charge in [0.2, 0.25) is 0 Å². The summed E-state index contributed by atoms with van der Waals surface area (Å²) < 4.78 is 12.4. The summed E-state index contributed by atoms with van der Waals surface area (Å²) in [5.41, 5.74) is 0. The van der Waals surface area contributed by atoms with E-state index in [1.54, 1.807) is 6.42 Å². The highest BCUT2D eigenvalue weighted by molar-refractivity contribution is 6.21. The molecule has 2 atom stereocenters. The van der Waals surface area contributed by atoms with Crippen LogP contribution in [-0.2, 0) is 0 Å². The number of rotatable bonds is 0. The lowest BCUT2D eigenvalue weighted by Gasteiger charge is -2.18. The molecule has 0 aliphatic heterocycles. The Morgan fingerprint density at radius 2 is 2.38 bits per heavy atom. The Bertz CT molecular complexity index is 64.9. The molecule has 0 saturated heterocycles. The Hall–Kier alpha value is 0.220. The van der Waals surface area contributed by atoms with Crippen molar-refractivity contribution in [2.45, 2.75) is 30.8 Å². The van der Waals surface area contributed by atoms with Gasteiger partial charge in [-0.3, -0.25) is 0 Å². The van der Waals surface area contributed by atoms with Gasteiger partial charge in [0, 0.05) is 0 Å². The van der Waals surface area contributed by atoms with Crippen LogP contribution in [-0.4, -0.2) is 11.5 Å². The molecule has 47 valence electrons. The monoisotopic (exact) mass is 135 g/mol. The lowest BCUT2D eigenvalue weighted by atomic mass is 9.99. The molecule has 0 nitrogen and oxygen atoms in total. The average Bonchev–Trinajstić information content (AvgIpc) is 1.77. The Kier molecular flexibility index (Phi) is 2.12. The molecule has 0 bridgehead atoms. The van der Waals surface area contributed by atoms with Crippen molar-refractivity contribution in [2.24, 2.45) is 0 Å². The Morgan fingerprint density at radius 1 is 1.62 bits per heavy atom. The predicted molar refractivity (Wildman–Crippen MR) is 32.7 cm³/mol. The molecule has 0 aromatic carbocycles. The first kappa shape index (κ1) is 6.34. The maximum atomic E-state index is 12.4. The average molecular weight is 136 g/mol. The predicted octanol–water partition coefficient (Wildman–Crippen LogP) is 2.32. The summed E-state index contributed by atoms with van der Waals surface area (Å²) in [6, 6.07) is 0. The van der Waals surface area contributed by atoms with Gasteiger partial charge in [0.1, 0.15) is 6.17 Å². The maximum absolute atomic E-state index is 12.4. The lowest BCUT2D eigenvalue weighted by molar-refractivity contribution is 0.317. The van der Waals surface area contributed by atoms with Gasteiger partial charge in [-0.25, -0.2) is 4.39 Å². The molecular weight excluding hydrogens is 127 g/mol. The summed E-state index contributed by atoms with van der Waals surface area (Å²) in [4.78, 5) is 0. The zero-order valence-electron chi connectivity index (χ0n) is 4.61. The topological polar surface area (TPSA) is 0 Å². The van der Waals surface area contributed by atoms with E-state index in [1.807, 2.05) is 0 Å². The van der Waals surface area contributed by atoms with Crippen molar-refractivity contribution < 1.29 is 4.39 Å². The number of alkyl halides is 2. The van der Waals surface area contributed by atoms with E-state index in [-0.39, 0.29) is 5.38 Å². The number of hydrogen-bond acceptors (Lipinski definition) is 0. The molecule has 2 heteroatoms. The molecule has 1 rings (SSSR count). The highest BCUT2D eigenvalue weighted by atomic mass is 35.5. The summed E-state index contributed by atoms with van der Waals surface area (Å²) in [6.45, 7) is 0. The van der Waals surface area contributed by atoms with E-state index in [0.717, 1.165) is 19.3 Å². The van der Waals surface area contributed by atoms with Gasteiger partial charge >= 0.3 is 0 Å². The van der Waals surface area contributed by atoms with Crippen LogP contribution in [0, 0.1) is 6.42 Å². The maximum Gasteiger partial charge on any atom is 0.120 e. The van der Waals surface area contributed by atoms with Crippen LogP contribution < -0.4 is 0 Å². The second kappa shape index (κ2) is 2.67. The Labute approximate surface area is 54.0 Å². The molecule has 1 aliphatic rings. The van der Waals surface area contributed by atoms with Gasteiger partial charge in [-0.1, -0.05) is 6.42 Å². The molecule has 0 N–H and O–H groups in total. The zero-order valence-corrected chi connectivity index (χ0v) is 5.37. The highest BCUT2D eigenvalue weighted by Gasteiger charge is 2.21. The van der Waals surface area contributed by atoms with Gasteiger partial charge in [0.25, 0.3) is 0 Å². The van der Waals surface area contributed by atoms with Crippen molar-refractivity contribution in [2.75, 3.05) is 0 Å². The minimum absolute atomic E-state index is 0.247. The van der Waals surface area contributed by atoms with Crippen LogP contribution in [0.2, 0.25) is 0 Å². The van der Waals surface area contributed by atoms with Crippen LogP contribution in [0.25, 0.3) is 0 Å². The van der Waals surface area contributed by atoms with Crippen LogP contribution >= 0.6 is 11.6 Å². The van der Waals surface area contributed by atoms with Gasteiger partial charge in [0.05, 0.1) is 5.38 Å². The van der Waals surface area contributed by atoms with Crippen molar-refractivity contribution in [3.05, 3.63) is 6.42 Å². The fourth-order valence-electron chi connectivity index (χ4n) is 0.897.